The number of anilines is 1. The highest BCUT2D eigenvalue weighted by atomic mass is 16.2. The third-order valence-corrected chi connectivity index (χ3v) is 5.65. The Balaban J connectivity index is 1.42. The molecule has 1 N–H and O–H groups in total. The van der Waals surface area contributed by atoms with Crippen LogP contribution in [0.25, 0.3) is 5.65 Å². The minimum Gasteiger partial charge on any atom is -0.333 e. The van der Waals surface area contributed by atoms with Crippen LogP contribution in [0.1, 0.15) is 36.9 Å². The lowest BCUT2D eigenvalue weighted by molar-refractivity contribution is 0.193. The highest BCUT2D eigenvalue weighted by molar-refractivity contribution is 5.89. The number of carbonyl (C=O) groups is 1. The molecule has 3 aromatic rings. The van der Waals surface area contributed by atoms with Gasteiger partial charge in [-0.3, -0.25) is 4.79 Å². The van der Waals surface area contributed by atoms with E-state index in [9.17, 15) is 9.59 Å². The predicted octanol–water partition coefficient (Wildman–Crippen LogP) is 3.01. The van der Waals surface area contributed by atoms with Crippen molar-refractivity contribution in [2.24, 2.45) is 7.05 Å². The lowest BCUT2D eigenvalue weighted by atomic mass is 9.93. The largest absolute Gasteiger partial charge is 0.333 e. The van der Waals surface area contributed by atoms with Crippen molar-refractivity contribution >= 4 is 17.4 Å². The average molecular weight is 379 g/mol. The van der Waals surface area contributed by atoms with Gasteiger partial charge in [0.2, 0.25) is 0 Å². The van der Waals surface area contributed by atoms with Gasteiger partial charge in [-0.2, -0.15) is 9.61 Å². The molecule has 1 aliphatic heterocycles. The Hall–Kier alpha value is -3.09. The first-order chi connectivity index (χ1) is 13.6. The Morgan fingerprint density at radius 1 is 1.18 bits per heavy atom. The number of fused-ring (bicyclic) bond motifs is 1. The van der Waals surface area contributed by atoms with Gasteiger partial charge in [0.05, 0.1) is 6.20 Å². The Bertz CT molecular complexity index is 1040. The van der Waals surface area contributed by atoms with Gasteiger partial charge in [0.15, 0.2) is 0 Å². The van der Waals surface area contributed by atoms with Crippen molar-refractivity contribution in [3.8, 4) is 0 Å². The zero-order chi connectivity index (χ0) is 19.7. The van der Waals surface area contributed by atoms with Crippen molar-refractivity contribution in [1.29, 1.82) is 0 Å². The van der Waals surface area contributed by atoms with Crippen LogP contribution in [0.2, 0.25) is 0 Å². The summed E-state index contributed by atoms with van der Waals surface area (Å²) in [5.74, 6) is 0.255. The number of likely N-dealkylation sites (tertiary alicyclic amines) is 1. The quantitative estimate of drug-likeness (QED) is 0.760. The van der Waals surface area contributed by atoms with E-state index in [1.165, 1.54) is 10.1 Å². The maximum absolute atomic E-state index is 12.6. The van der Waals surface area contributed by atoms with Crippen LogP contribution in [0.4, 0.5) is 10.5 Å². The fraction of sp³-hybridized carbons (Fsp3) is 0.381. The molecule has 4 rings (SSSR count). The summed E-state index contributed by atoms with van der Waals surface area (Å²) in [6.45, 7) is 3.45. The van der Waals surface area contributed by atoms with Crippen LogP contribution in [0.5, 0.6) is 0 Å². The van der Waals surface area contributed by atoms with E-state index in [0.29, 0.717) is 13.1 Å². The molecule has 2 amide bonds. The standard InChI is InChI=1S/C21H25N5O2/c1-3-15-4-6-17(7-5-15)23-21(28)25-12-9-16(10-13-25)18-14-20(27)26-19(24(18)2)8-11-22-26/h4-8,11,14,16H,3,9-10,12-13H2,1-2H3,(H,23,28). The van der Waals surface area contributed by atoms with Crippen molar-refractivity contribution in [2.75, 3.05) is 18.4 Å². The molecule has 0 radical (unpaired) electrons. The number of aryl methyl sites for hydroxylation is 2. The van der Waals surface area contributed by atoms with Gasteiger partial charge in [0, 0.05) is 49.6 Å². The second-order valence-electron chi connectivity index (χ2n) is 7.31. The van der Waals surface area contributed by atoms with Crippen LogP contribution in [0, 0.1) is 0 Å². The van der Waals surface area contributed by atoms with Gasteiger partial charge in [0.1, 0.15) is 5.65 Å². The first-order valence-corrected chi connectivity index (χ1v) is 9.75. The fourth-order valence-corrected chi connectivity index (χ4v) is 3.93. The Morgan fingerprint density at radius 2 is 1.89 bits per heavy atom. The molecule has 0 unspecified atom stereocenters. The van der Waals surface area contributed by atoms with E-state index in [1.54, 1.807) is 12.3 Å². The van der Waals surface area contributed by atoms with Gasteiger partial charge >= 0.3 is 6.03 Å². The monoisotopic (exact) mass is 379 g/mol. The summed E-state index contributed by atoms with van der Waals surface area (Å²) in [5, 5.41) is 7.05. The molecular weight excluding hydrogens is 354 g/mol. The number of aromatic nitrogens is 3. The summed E-state index contributed by atoms with van der Waals surface area (Å²) in [7, 11) is 1.96. The summed E-state index contributed by atoms with van der Waals surface area (Å²) in [4.78, 5) is 26.7. The average Bonchev–Trinajstić information content (AvgIpc) is 3.22. The van der Waals surface area contributed by atoms with E-state index in [0.717, 1.165) is 36.3 Å². The molecule has 2 aromatic heterocycles. The topological polar surface area (TPSA) is 71.6 Å². The van der Waals surface area contributed by atoms with Crippen LogP contribution in [-0.4, -0.2) is 38.2 Å². The molecule has 146 valence electrons. The van der Waals surface area contributed by atoms with Crippen LogP contribution >= 0.6 is 0 Å². The third kappa shape index (κ3) is 3.40. The van der Waals surface area contributed by atoms with Crippen molar-refractivity contribution in [3.63, 3.8) is 0 Å². The Kier molecular flexibility index (Phi) is 4.90. The van der Waals surface area contributed by atoms with E-state index in [-0.39, 0.29) is 17.5 Å². The lowest BCUT2D eigenvalue weighted by Crippen LogP contribution is -2.41. The SMILES string of the molecule is CCc1ccc(NC(=O)N2CCC(c3cc(=O)n4nccc4n3C)CC2)cc1. The van der Waals surface area contributed by atoms with Gasteiger partial charge in [-0.15, -0.1) is 0 Å². The van der Waals surface area contributed by atoms with Crippen molar-refractivity contribution in [3.05, 3.63) is 64.2 Å². The molecule has 1 saturated heterocycles. The normalized spacial score (nSPS) is 15.1. The Labute approximate surface area is 163 Å². The summed E-state index contributed by atoms with van der Waals surface area (Å²) >= 11 is 0. The number of nitrogens with one attached hydrogen (secondary N) is 1. The molecule has 1 aromatic carbocycles. The van der Waals surface area contributed by atoms with Crippen LogP contribution in [0.15, 0.2) is 47.4 Å². The van der Waals surface area contributed by atoms with Crippen LogP contribution in [0.3, 0.4) is 0 Å². The molecule has 1 aliphatic rings. The van der Waals surface area contributed by atoms with E-state index in [4.69, 9.17) is 0 Å². The summed E-state index contributed by atoms with van der Waals surface area (Å²) < 4.78 is 3.44. The number of benzene rings is 1. The number of rotatable bonds is 3. The van der Waals surface area contributed by atoms with Crippen molar-refractivity contribution in [1.82, 2.24) is 19.1 Å². The highest BCUT2D eigenvalue weighted by Gasteiger charge is 2.26. The van der Waals surface area contributed by atoms with Crippen LogP contribution < -0.4 is 10.9 Å². The lowest BCUT2D eigenvalue weighted by Gasteiger charge is -2.33. The maximum Gasteiger partial charge on any atom is 0.321 e. The van der Waals surface area contributed by atoms with E-state index in [1.807, 2.05) is 46.8 Å². The molecule has 0 bridgehead atoms. The summed E-state index contributed by atoms with van der Waals surface area (Å²) in [6, 6.07) is 11.4. The first-order valence-electron chi connectivity index (χ1n) is 9.75. The number of nitrogens with zero attached hydrogens (tertiary/aromatic N) is 4. The molecule has 3 heterocycles. The number of hydrogen-bond acceptors (Lipinski definition) is 3. The zero-order valence-electron chi connectivity index (χ0n) is 16.3. The number of hydrogen-bond donors (Lipinski definition) is 1. The molecular formula is C21H25N5O2. The van der Waals surface area contributed by atoms with Gasteiger partial charge in [-0.1, -0.05) is 19.1 Å². The maximum atomic E-state index is 12.6. The zero-order valence-corrected chi connectivity index (χ0v) is 16.3. The van der Waals surface area contributed by atoms with E-state index in [2.05, 4.69) is 17.3 Å². The molecule has 0 spiro atoms. The molecule has 0 aliphatic carbocycles. The second-order valence-corrected chi connectivity index (χ2v) is 7.31. The number of carbonyl (C=O) groups excluding carboxylic acids is 1. The van der Waals surface area contributed by atoms with Gasteiger partial charge in [0.25, 0.3) is 5.56 Å². The number of piperidine rings is 1. The van der Waals surface area contributed by atoms with Crippen molar-refractivity contribution < 1.29 is 4.79 Å². The van der Waals surface area contributed by atoms with Gasteiger partial charge in [-0.05, 0) is 37.0 Å². The molecule has 28 heavy (non-hydrogen) atoms. The second kappa shape index (κ2) is 7.50. The van der Waals surface area contributed by atoms with E-state index < -0.39 is 0 Å². The highest BCUT2D eigenvalue weighted by Crippen LogP contribution is 2.28. The van der Waals surface area contributed by atoms with E-state index >= 15 is 0 Å². The summed E-state index contributed by atoms with van der Waals surface area (Å²) in [5.41, 5.74) is 3.76. The number of urea groups is 1. The smallest absolute Gasteiger partial charge is 0.321 e. The predicted molar refractivity (Wildman–Crippen MR) is 109 cm³/mol. The van der Waals surface area contributed by atoms with Crippen molar-refractivity contribution in [2.45, 2.75) is 32.1 Å². The van der Waals surface area contributed by atoms with Crippen LogP contribution in [-0.2, 0) is 13.5 Å². The number of amides is 2. The minimum atomic E-state index is -0.108. The molecule has 0 saturated carbocycles. The molecule has 1 fully saturated rings. The minimum absolute atomic E-state index is 0.0668. The molecule has 7 heteroatoms. The Morgan fingerprint density at radius 3 is 2.57 bits per heavy atom. The first kappa shape index (κ1) is 18.3. The molecule has 7 nitrogen and oxygen atoms in total. The van der Waals surface area contributed by atoms with Gasteiger partial charge < -0.3 is 14.8 Å². The summed E-state index contributed by atoms with van der Waals surface area (Å²) in [6.07, 6.45) is 4.29. The third-order valence-electron chi connectivity index (χ3n) is 5.65. The molecule has 0 atom stereocenters. The van der Waals surface area contributed by atoms with Gasteiger partial charge in [-0.25, -0.2) is 4.79 Å². The fourth-order valence-electron chi connectivity index (χ4n) is 3.93.